The van der Waals surface area contributed by atoms with E-state index in [-0.39, 0.29) is 5.43 Å². The number of anilines is 1. The van der Waals surface area contributed by atoms with E-state index in [0.717, 1.165) is 22.2 Å². The fourth-order valence-electron chi connectivity index (χ4n) is 3.50. The number of hydrogen-bond acceptors (Lipinski definition) is 3. The van der Waals surface area contributed by atoms with Crippen LogP contribution in [-0.4, -0.2) is 14.5 Å². The lowest BCUT2D eigenvalue weighted by Gasteiger charge is -2.14. The highest BCUT2D eigenvalue weighted by Crippen LogP contribution is 2.22. The lowest BCUT2D eigenvalue weighted by atomic mass is 10.1. The second-order valence-electron chi connectivity index (χ2n) is 6.81. The largest absolute Gasteiger partial charge is 0.352 e. The molecule has 2 aromatic heterocycles. The maximum Gasteiger partial charge on any atom is 0.201 e. The first-order chi connectivity index (χ1) is 14.2. The van der Waals surface area contributed by atoms with Gasteiger partial charge < -0.3 is 14.9 Å². The van der Waals surface area contributed by atoms with Gasteiger partial charge in [0.15, 0.2) is 5.43 Å². The first-order valence-corrected chi connectivity index (χ1v) is 9.65. The van der Waals surface area contributed by atoms with Gasteiger partial charge in [-0.05, 0) is 42.5 Å². The van der Waals surface area contributed by atoms with Crippen molar-refractivity contribution in [2.24, 2.45) is 0 Å². The number of nitrogens with zero attached hydrogens (tertiary/aromatic N) is 2. The molecule has 0 aliphatic carbocycles. The number of pyridine rings is 1. The van der Waals surface area contributed by atoms with Crippen molar-refractivity contribution in [3.8, 4) is 5.69 Å². The minimum absolute atomic E-state index is 0.0209. The van der Waals surface area contributed by atoms with Crippen LogP contribution in [0.4, 0.5) is 5.95 Å². The van der Waals surface area contributed by atoms with Crippen LogP contribution in [0.1, 0.15) is 5.56 Å². The van der Waals surface area contributed by atoms with Crippen LogP contribution >= 0.6 is 11.6 Å². The predicted octanol–water partition coefficient (Wildman–Crippen LogP) is 5.13. The Balaban J connectivity index is 1.59. The Morgan fingerprint density at radius 3 is 2.62 bits per heavy atom. The molecule has 0 amide bonds. The van der Waals surface area contributed by atoms with E-state index in [1.807, 2.05) is 71.4 Å². The van der Waals surface area contributed by atoms with Gasteiger partial charge in [0, 0.05) is 34.4 Å². The van der Waals surface area contributed by atoms with Gasteiger partial charge in [-0.2, -0.15) is 0 Å². The smallest absolute Gasteiger partial charge is 0.201 e. The van der Waals surface area contributed by atoms with Crippen LogP contribution in [0.3, 0.4) is 0 Å². The maximum atomic E-state index is 13.1. The second kappa shape index (κ2) is 7.11. The van der Waals surface area contributed by atoms with Crippen molar-refractivity contribution in [1.82, 2.24) is 14.5 Å². The molecule has 142 valence electrons. The van der Waals surface area contributed by atoms with Crippen molar-refractivity contribution < 1.29 is 0 Å². The Bertz CT molecular complexity index is 1360. The fourth-order valence-corrected chi connectivity index (χ4v) is 3.66. The lowest BCUT2D eigenvalue weighted by Crippen LogP contribution is -2.17. The van der Waals surface area contributed by atoms with E-state index in [1.165, 1.54) is 0 Å². The molecule has 0 saturated heterocycles. The molecule has 0 saturated carbocycles. The maximum absolute atomic E-state index is 13.1. The molecule has 2 N–H and O–H groups in total. The quantitative estimate of drug-likeness (QED) is 0.439. The molecular formula is C23H17ClN4O. The molecule has 29 heavy (non-hydrogen) atoms. The van der Waals surface area contributed by atoms with Gasteiger partial charge in [0.05, 0.1) is 16.6 Å². The molecular weight excluding hydrogens is 384 g/mol. The van der Waals surface area contributed by atoms with Gasteiger partial charge in [-0.3, -0.25) is 4.79 Å². The Morgan fingerprint density at radius 2 is 1.79 bits per heavy atom. The van der Waals surface area contributed by atoms with Gasteiger partial charge in [-0.15, -0.1) is 0 Å². The predicted molar refractivity (Wildman–Crippen MR) is 118 cm³/mol. The molecule has 0 unspecified atom stereocenters. The van der Waals surface area contributed by atoms with E-state index in [1.54, 1.807) is 12.1 Å². The van der Waals surface area contributed by atoms with E-state index in [0.29, 0.717) is 28.5 Å². The summed E-state index contributed by atoms with van der Waals surface area (Å²) in [5.74, 6) is 0.632. The second-order valence-corrected chi connectivity index (χ2v) is 7.24. The van der Waals surface area contributed by atoms with E-state index in [4.69, 9.17) is 11.6 Å². The summed E-state index contributed by atoms with van der Waals surface area (Å²) < 4.78 is 2.00. The Hall–Kier alpha value is -3.57. The zero-order valence-electron chi connectivity index (χ0n) is 15.4. The highest BCUT2D eigenvalue weighted by Gasteiger charge is 2.12. The average molecular weight is 401 g/mol. The SMILES string of the molecule is O=c1c(CNc2nc3ccccc3[nH]2)cn(-c2ccccc2)c2cc(Cl)ccc12. The zero-order valence-corrected chi connectivity index (χ0v) is 16.1. The monoisotopic (exact) mass is 400 g/mol. The van der Waals surface area contributed by atoms with Crippen LogP contribution in [-0.2, 0) is 6.54 Å². The minimum atomic E-state index is -0.0209. The molecule has 0 radical (unpaired) electrons. The molecule has 0 spiro atoms. The third-order valence-electron chi connectivity index (χ3n) is 4.91. The van der Waals surface area contributed by atoms with Crippen LogP contribution in [0.25, 0.3) is 27.6 Å². The number of halogens is 1. The fraction of sp³-hybridized carbons (Fsp3) is 0.0435. The van der Waals surface area contributed by atoms with Crippen LogP contribution in [0, 0.1) is 0 Å². The van der Waals surface area contributed by atoms with Gasteiger partial charge >= 0.3 is 0 Å². The van der Waals surface area contributed by atoms with Crippen molar-refractivity contribution in [1.29, 1.82) is 0 Å². The number of aromatic nitrogens is 3. The van der Waals surface area contributed by atoms with E-state index in [2.05, 4.69) is 15.3 Å². The minimum Gasteiger partial charge on any atom is -0.352 e. The normalized spacial score (nSPS) is 11.2. The Kier molecular flexibility index (Phi) is 4.30. The molecule has 5 aromatic rings. The summed E-state index contributed by atoms with van der Waals surface area (Å²) in [4.78, 5) is 20.8. The summed E-state index contributed by atoms with van der Waals surface area (Å²) in [6, 6.07) is 23.1. The van der Waals surface area contributed by atoms with Crippen molar-refractivity contribution in [2.45, 2.75) is 6.54 Å². The standard InChI is InChI=1S/C23H17ClN4O/c24-16-10-11-18-21(12-16)28(17-6-2-1-3-7-17)14-15(22(18)29)13-25-23-26-19-8-4-5-9-20(19)27-23/h1-12,14H,13H2,(H2,25,26,27). The number of rotatable bonds is 4. The van der Waals surface area contributed by atoms with Crippen LogP contribution in [0.5, 0.6) is 0 Å². The molecule has 0 aliphatic rings. The van der Waals surface area contributed by atoms with Gasteiger partial charge in [0.2, 0.25) is 5.95 Å². The lowest BCUT2D eigenvalue weighted by molar-refractivity contribution is 1.02. The number of H-pyrrole nitrogens is 1. The number of hydrogen-bond donors (Lipinski definition) is 2. The zero-order chi connectivity index (χ0) is 19.8. The van der Waals surface area contributed by atoms with Gasteiger partial charge in [0.1, 0.15) is 0 Å². The van der Waals surface area contributed by atoms with Crippen molar-refractivity contribution >= 4 is 39.5 Å². The van der Waals surface area contributed by atoms with Crippen LogP contribution < -0.4 is 10.7 Å². The average Bonchev–Trinajstić information content (AvgIpc) is 3.17. The van der Waals surface area contributed by atoms with E-state index >= 15 is 0 Å². The molecule has 2 heterocycles. The molecule has 0 fully saturated rings. The summed E-state index contributed by atoms with van der Waals surface area (Å²) in [6.45, 7) is 0.351. The van der Waals surface area contributed by atoms with E-state index < -0.39 is 0 Å². The number of benzene rings is 3. The molecule has 0 atom stereocenters. The summed E-state index contributed by atoms with van der Waals surface area (Å²) in [6.07, 6.45) is 1.87. The molecule has 0 aliphatic heterocycles. The number of para-hydroxylation sites is 3. The molecule has 5 rings (SSSR count). The summed E-state index contributed by atoms with van der Waals surface area (Å²) in [7, 11) is 0. The van der Waals surface area contributed by atoms with Gasteiger partial charge in [-0.25, -0.2) is 4.98 Å². The third kappa shape index (κ3) is 3.26. The third-order valence-corrected chi connectivity index (χ3v) is 5.15. The highest BCUT2D eigenvalue weighted by molar-refractivity contribution is 6.31. The number of aromatic amines is 1. The number of nitrogens with one attached hydrogen (secondary N) is 2. The summed E-state index contributed by atoms with van der Waals surface area (Å²) >= 11 is 6.21. The van der Waals surface area contributed by atoms with Crippen molar-refractivity contribution in [3.63, 3.8) is 0 Å². The Labute approximate surface area is 171 Å². The molecule has 0 bridgehead atoms. The molecule has 6 heteroatoms. The molecule has 5 nitrogen and oxygen atoms in total. The van der Waals surface area contributed by atoms with Gasteiger partial charge in [-0.1, -0.05) is 41.9 Å². The van der Waals surface area contributed by atoms with E-state index in [9.17, 15) is 4.79 Å². The van der Waals surface area contributed by atoms with Crippen LogP contribution in [0.2, 0.25) is 5.02 Å². The summed E-state index contributed by atoms with van der Waals surface area (Å²) in [5.41, 5.74) is 4.19. The van der Waals surface area contributed by atoms with Crippen LogP contribution in [0.15, 0.2) is 83.8 Å². The summed E-state index contributed by atoms with van der Waals surface area (Å²) in [5, 5.41) is 4.46. The Morgan fingerprint density at radius 1 is 1.00 bits per heavy atom. The van der Waals surface area contributed by atoms with Crippen molar-refractivity contribution in [2.75, 3.05) is 5.32 Å². The highest BCUT2D eigenvalue weighted by atomic mass is 35.5. The van der Waals surface area contributed by atoms with Crippen molar-refractivity contribution in [3.05, 3.63) is 99.8 Å². The molecule has 3 aromatic carbocycles. The first kappa shape index (κ1) is 17.5. The number of fused-ring (bicyclic) bond motifs is 2. The number of imidazole rings is 1. The topological polar surface area (TPSA) is 62.7 Å². The first-order valence-electron chi connectivity index (χ1n) is 9.27. The van der Waals surface area contributed by atoms with Gasteiger partial charge in [0.25, 0.3) is 0 Å².